The Morgan fingerprint density at radius 3 is 2.40 bits per heavy atom. The lowest BCUT2D eigenvalue weighted by Crippen LogP contribution is -2.27. The average Bonchev–Trinajstić information content (AvgIpc) is 2.66. The van der Waals surface area contributed by atoms with Gasteiger partial charge in [-0.1, -0.05) is 34.6 Å². The topological polar surface area (TPSA) is 58.2 Å². The van der Waals surface area contributed by atoms with Gasteiger partial charge in [0, 0.05) is 12.0 Å². The predicted molar refractivity (Wildman–Crippen MR) is 84.3 cm³/mol. The van der Waals surface area contributed by atoms with E-state index < -0.39 is 5.41 Å². The van der Waals surface area contributed by atoms with Crippen molar-refractivity contribution in [1.29, 1.82) is 0 Å². The Hall–Kier alpha value is -1.36. The van der Waals surface area contributed by atoms with Crippen molar-refractivity contribution in [2.45, 2.75) is 41.5 Å². The second kappa shape index (κ2) is 6.39. The largest absolute Gasteiger partial charge is 0.351 e. The van der Waals surface area contributed by atoms with Crippen LogP contribution in [0.3, 0.4) is 0 Å². The van der Waals surface area contributed by atoms with Crippen LogP contribution in [0.25, 0.3) is 0 Å². The zero-order chi connectivity index (χ0) is 15.5. The van der Waals surface area contributed by atoms with Gasteiger partial charge >= 0.3 is 0 Å². The Balaban J connectivity index is 2.78. The van der Waals surface area contributed by atoms with Crippen LogP contribution in [0.1, 0.15) is 49.9 Å². The molecule has 112 valence electrons. The molecule has 0 unspecified atom stereocenters. The first-order valence-electron chi connectivity index (χ1n) is 6.81. The fourth-order valence-electron chi connectivity index (χ4n) is 1.45. The van der Waals surface area contributed by atoms with Crippen molar-refractivity contribution in [3.8, 4) is 0 Å². The summed E-state index contributed by atoms with van der Waals surface area (Å²) in [4.78, 5) is 24.6. The summed E-state index contributed by atoms with van der Waals surface area (Å²) in [5, 5.41) is 6.48. The van der Waals surface area contributed by atoms with E-state index in [4.69, 9.17) is 0 Å². The quantitative estimate of drug-likeness (QED) is 0.894. The summed E-state index contributed by atoms with van der Waals surface area (Å²) in [5.41, 5.74) is 0.443. The predicted octanol–water partition coefficient (Wildman–Crippen LogP) is 3.43. The molecule has 0 bridgehead atoms. The molecule has 0 radical (unpaired) electrons. The fourth-order valence-corrected chi connectivity index (χ4v) is 2.43. The maximum Gasteiger partial charge on any atom is 0.261 e. The molecule has 1 aromatic heterocycles. The first kappa shape index (κ1) is 16.7. The van der Waals surface area contributed by atoms with Gasteiger partial charge in [0.15, 0.2) is 0 Å². The minimum absolute atomic E-state index is 0.0483. The molecule has 0 aliphatic heterocycles. The third-order valence-electron chi connectivity index (χ3n) is 2.71. The van der Waals surface area contributed by atoms with Gasteiger partial charge < -0.3 is 10.6 Å². The van der Waals surface area contributed by atoms with Crippen molar-refractivity contribution in [1.82, 2.24) is 5.32 Å². The van der Waals surface area contributed by atoms with E-state index in [0.29, 0.717) is 17.3 Å². The van der Waals surface area contributed by atoms with Crippen LogP contribution in [0.2, 0.25) is 0 Å². The van der Waals surface area contributed by atoms with Gasteiger partial charge in [0.1, 0.15) is 0 Å². The van der Waals surface area contributed by atoms with E-state index in [0.717, 1.165) is 10.6 Å². The summed E-state index contributed by atoms with van der Waals surface area (Å²) < 4.78 is 0. The van der Waals surface area contributed by atoms with Crippen molar-refractivity contribution < 1.29 is 9.59 Å². The molecule has 5 heteroatoms. The number of anilines is 1. The van der Waals surface area contributed by atoms with Crippen LogP contribution in [0, 0.1) is 18.3 Å². The van der Waals surface area contributed by atoms with Crippen LogP contribution >= 0.6 is 11.3 Å². The van der Waals surface area contributed by atoms with E-state index >= 15 is 0 Å². The molecule has 2 amide bonds. The van der Waals surface area contributed by atoms with Gasteiger partial charge in [-0.2, -0.15) is 0 Å². The fraction of sp³-hybridized carbons (Fsp3) is 0.600. The van der Waals surface area contributed by atoms with Gasteiger partial charge in [-0.15, -0.1) is 11.3 Å². The summed E-state index contributed by atoms with van der Waals surface area (Å²) in [6.07, 6.45) is 0. The van der Waals surface area contributed by atoms with Gasteiger partial charge in [-0.3, -0.25) is 9.59 Å². The van der Waals surface area contributed by atoms with E-state index in [-0.39, 0.29) is 11.8 Å². The van der Waals surface area contributed by atoms with Gasteiger partial charge in [-0.05, 0) is 24.5 Å². The molecule has 0 atom stereocenters. The Labute approximate surface area is 125 Å². The van der Waals surface area contributed by atoms with Crippen LogP contribution in [0.15, 0.2) is 6.07 Å². The minimum atomic E-state index is -0.446. The normalized spacial score (nSPS) is 11.6. The summed E-state index contributed by atoms with van der Waals surface area (Å²) >= 11 is 1.32. The van der Waals surface area contributed by atoms with E-state index in [2.05, 4.69) is 24.5 Å². The number of amides is 2. The van der Waals surface area contributed by atoms with Crippen molar-refractivity contribution in [3.63, 3.8) is 0 Å². The molecular weight excluding hydrogens is 272 g/mol. The first-order chi connectivity index (χ1) is 9.11. The molecular formula is C15H24N2O2S. The molecule has 4 nitrogen and oxygen atoms in total. The van der Waals surface area contributed by atoms with Crippen LogP contribution in [0.5, 0.6) is 0 Å². The SMILES string of the molecule is Cc1cc(NC(=O)C(C)(C)C)sc1C(=O)NCC(C)C. The van der Waals surface area contributed by atoms with Crippen LogP contribution in [0.4, 0.5) is 5.00 Å². The lowest BCUT2D eigenvalue weighted by atomic mass is 9.96. The number of carbonyl (C=O) groups is 2. The zero-order valence-electron chi connectivity index (χ0n) is 13.1. The smallest absolute Gasteiger partial charge is 0.261 e. The highest BCUT2D eigenvalue weighted by Gasteiger charge is 2.23. The maximum absolute atomic E-state index is 12.1. The molecule has 0 aliphatic rings. The second-order valence-electron chi connectivity index (χ2n) is 6.43. The van der Waals surface area contributed by atoms with Gasteiger partial charge in [0.2, 0.25) is 5.91 Å². The molecule has 0 spiro atoms. The average molecular weight is 296 g/mol. The molecule has 0 fully saturated rings. The molecule has 0 aliphatic carbocycles. The zero-order valence-corrected chi connectivity index (χ0v) is 13.9. The standard InChI is InChI=1S/C15H24N2O2S/c1-9(2)8-16-13(18)12-10(3)7-11(20-12)17-14(19)15(4,5)6/h7,9H,8H2,1-6H3,(H,16,18)(H,17,19). The number of thiophene rings is 1. The van der Waals surface area contributed by atoms with E-state index in [1.165, 1.54) is 11.3 Å². The summed E-state index contributed by atoms with van der Waals surface area (Å²) in [5.74, 6) is 0.296. The lowest BCUT2D eigenvalue weighted by Gasteiger charge is -2.16. The van der Waals surface area contributed by atoms with Crippen LogP contribution in [-0.2, 0) is 4.79 Å². The number of aryl methyl sites for hydroxylation is 1. The van der Waals surface area contributed by atoms with Crippen molar-refractivity contribution in [2.24, 2.45) is 11.3 Å². The van der Waals surface area contributed by atoms with Crippen LogP contribution in [-0.4, -0.2) is 18.4 Å². The summed E-state index contributed by atoms with van der Waals surface area (Å²) in [6, 6.07) is 1.85. The second-order valence-corrected chi connectivity index (χ2v) is 7.48. The maximum atomic E-state index is 12.1. The third-order valence-corrected chi connectivity index (χ3v) is 3.86. The number of rotatable bonds is 4. The highest BCUT2D eigenvalue weighted by molar-refractivity contribution is 7.18. The lowest BCUT2D eigenvalue weighted by molar-refractivity contribution is -0.123. The molecule has 0 saturated carbocycles. The van der Waals surface area contributed by atoms with E-state index in [9.17, 15) is 9.59 Å². The molecule has 0 aromatic carbocycles. The highest BCUT2D eigenvalue weighted by atomic mass is 32.1. The monoisotopic (exact) mass is 296 g/mol. The molecule has 1 heterocycles. The Morgan fingerprint density at radius 1 is 1.30 bits per heavy atom. The molecule has 1 rings (SSSR count). The Bertz CT molecular complexity index is 498. The molecule has 20 heavy (non-hydrogen) atoms. The van der Waals surface area contributed by atoms with Crippen molar-refractivity contribution >= 4 is 28.2 Å². The van der Waals surface area contributed by atoms with Gasteiger partial charge in [0.25, 0.3) is 5.91 Å². The number of hydrogen-bond acceptors (Lipinski definition) is 3. The highest BCUT2D eigenvalue weighted by Crippen LogP contribution is 2.28. The molecule has 2 N–H and O–H groups in total. The Kier molecular flexibility index (Phi) is 5.34. The molecule has 1 aromatic rings. The summed E-state index contributed by atoms with van der Waals surface area (Å²) in [6.45, 7) is 12.2. The van der Waals surface area contributed by atoms with E-state index in [1.807, 2.05) is 33.8 Å². The van der Waals surface area contributed by atoms with Gasteiger partial charge in [0.05, 0.1) is 9.88 Å². The number of nitrogens with one attached hydrogen (secondary N) is 2. The van der Waals surface area contributed by atoms with Gasteiger partial charge in [-0.25, -0.2) is 0 Å². The van der Waals surface area contributed by atoms with Crippen LogP contribution < -0.4 is 10.6 Å². The van der Waals surface area contributed by atoms with Crippen molar-refractivity contribution in [2.75, 3.05) is 11.9 Å². The number of hydrogen-bond donors (Lipinski definition) is 2. The number of carbonyl (C=O) groups excluding carboxylic acids is 2. The first-order valence-corrected chi connectivity index (χ1v) is 7.63. The summed E-state index contributed by atoms with van der Waals surface area (Å²) in [7, 11) is 0. The minimum Gasteiger partial charge on any atom is -0.351 e. The molecule has 0 saturated heterocycles. The van der Waals surface area contributed by atoms with Crippen molar-refractivity contribution in [3.05, 3.63) is 16.5 Å². The third kappa shape index (κ3) is 4.63. The van der Waals surface area contributed by atoms with E-state index in [1.54, 1.807) is 0 Å². The Morgan fingerprint density at radius 2 is 1.90 bits per heavy atom.